The third kappa shape index (κ3) is 4.89. The number of halogens is 1. The van der Waals surface area contributed by atoms with E-state index in [1.165, 1.54) is 18.2 Å². The molecule has 0 heterocycles. The van der Waals surface area contributed by atoms with Gasteiger partial charge in [0.15, 0.2) is 0 Å². The van der Waals surface area contributed by atoms with Crippen molar-refractivity contribution in [2.45, 2.75) is 13.3 Å². The fraction of sp³-hybridized carbons (Fsp3) is 0.385. The largest absolute Gasteiger partial charge is 0.478 e. The summed E-state index contributed by atoms with van der Waals surface area (Å²) in [5, 5.41) is 11.9. The Kier molecular flexibility index (Phi) is 5.79. The smallest absolute Gasteiger partial charge is 0.337 e. The van der Waals surface area contributed by atoms with Gasteiger partial charge in [0.2, 0.25) is 5.91 Å². The van der Waals surface area contributed by atoms with Crippen LogP contribution in [-0.4, -0.2) is 30.7 Å². The Balaban J connectivity index is 2.76. The molecule has 0 fully saturated rings. The summed E-state index contributed by atoms with van der Waals surface area (Å²) in [6.45, 7) is 2.35. The highest BCUT2D eigenvalue weighted by molar-refractivity contribution is 6.31. The number of hydrogen-bond donors (Lipinski definition) is 2. The molecule has 1 aromatic carbocycles. The van der Waals surface area contributed by atoms with Crippen molar-refractivity contribution >= 4 is 29.2 Å². The molecule has 0 aliphatic rings. The number of carbonyl (C=O) groups excluding carboxylic acids is 1. The number of aromatic carboxylic acids is 1. The summed E-state index contributed by atoms with van der Waals surface area (Å²) in [5.74, 6) is -1.33. The van der Waals surface area contributed by atoms with E-state index in [2.05, 4.69) is 5.32 Å². The van der Waals surface area contributed by atoms with Crippen LogP contribution in [0.2, 0.25) is 5.02 Å². The monoisotopic (exact) mass is 285 g/mol. The molecule has 0 bridgehead atoms. The van der Waals surface area contributed by atoms with Crippen molar-refractivity contribution in [2.24, 2.45) is 5.92 Å². The molecule has 0 saturated heterocycles. The van der Waals surface area contributed by atoms with Gasteiger partial charge in [-0.2, -0.15) is 0 Å². The van der Waals surface area contributed by atoms with E-state index >= 15 is 0 Å². The van der Waals surface area contributed by atoms with Crippen molar-refractivity contribution in [1.29, 1.82) is 0 Å². The summed E-state index contributed by atoms with van der Waals surface area (Å²) in [6, 6.07) is 4.31. The molecule has 0 aromatic heterocycles. The molecule has 0 saturated carbocycles. The summed E-state index contributed by atoms with van der Waals surface area (Å²) in [7, 11) is 1.57. The van der Waals surface area contributed by atoms with Gasteiger partial charge in [-0.05, 0) is 24.1 Å². The van der Waals surface area contributed by atoms with E-state index in [0.717, 1.165) is 0 Å². The van der Waals surface area contributed by atoms with E-state index in [0.29, 0.717) is 11.6 Å². The Morgan fingerprint density at radius 2 is 2.16 bits per heavy atom. The topological polar surface area (TPSA) is 75.6 Å². The van der Waals surface area contributed by atoms with Gasteiger partial charge in [0.1, 0.15) is 0 Å². The molecule has 0 radical (unpaired) electrons. The first-order chi connectivity index (χ1) is 8.93. The second-order valence-electron chi connectivity index (χ2n) is 4.31. The number of rotatable bonds is 6. The third-order valence-corrected chi connectivity index (χ3v) is 2.71. The van der Waals surface area contributed by atoms with Gasteiger partial charge in [0.05, 0.1) is 11.3 Å². The molecule has 1 aromatic rings. The molecule has 19 heavy (non-hydrogen) atoms. The number of amides is 1. The molecule has 2 N–H and O–H groups in total. The highest BCUT2D eigenvalue weighted by Crippen LogP contribution is 2.21. The molecule has 1 rings (SSSR count). The summed E-state index contributed by atoms with van der Waals surface area (Å²) >= 11 is 5.73. The van der Waals surface area contributed by atoms with Gasteiger partial charge in [-0.25, -0.2) is 4.79 Å². The van der Waals surface area contributed by atoms with Crippen molar-refractivity contribution < 1.29 is 19.4 Å². The average molecular weight is 286 g/mol. The van der Waals surface area contributed by atoms with Crippen molar-refractivity contribution in [3.63, 3.8) is 0 Å². The molecular weight excluding hydrogens is 270 g/mol. The number of hydrogen-bond acceptors (Lipinski definition) is 3. The number of benzene rings is 1. The summed E-state index contributed by atoms with van der Waals surface area (Å²) in [5.41, 5.74) is 0.215. The molecule has 6 heteroatoms. The molecule has 1 unspecified atom stereocenters. The number of carboxylic acids is 1. The van der Waals surface area contributed by atoms with Crippen LogP contribution >= 0.6 is 11.6 Å². The van der Waals surface area contributed by atoms with Crippen LogP contribution in [0, 0.1) is 5.92 Å². The van der Waals surface area contributed by atoms with Crippen LogP contribution in [0.4, 0.5) is 5.69 Å². The van der Waals surface area contributed by atoms with Gasteiger partial charge >= 0.3 is 5.97 Å². The fourth-order valence-corrected chi connectivity index (χ4v) is 1.84. The predicted molar refractivity (Wildman–Crippen MR) is 72.7 cm³/mol. The predicted octanol–water partition coefficient (Wildman–Crippen LogP) is 2.65. The molecule has 5 nitrogen and oxygen atoms in total. The standard InChI is InChI=1S/C13H16ClNO4/c1-8(7-19-2)5-12(16)15-11-4-3-9(14)6-10(11)13(17)18/h3-4,6,8H,5,7H2,1-2H3,(H,15,16)(H,17,18). The maximum atomic E-state index is 11.8. The number of methoxy groups -OCH3 is 1. The first-order valence-corrected chi connectivity index (χ1v) is 6.13. The van der Waals surface area contributed by atoms with Crippen LogP contribution in [0.15, 0.2) is 18.2 Å². The van der Waals surface area contributed by atoms with E-state index < -0.39 is 5.97 Å². The lowest BCUT2D eigenvalue weighted by atomic mass is 10.1. The minimum absolute atomic E-state index is 0.0276. The molecular formula is C13H16ClNO4. The summed E-state index contributed by atoms with van der Waals surface area (Å²) in [4.78, 5) is 22.8. The highest BCUT2D eigenvalue weighted by Gasteiger charge is 2.14. The minimum Gasteiger partial charge on any atom is -0.478 e. The first kappa shape index (κ1) is 15.5. The zero-order chi connectivity index (χ0) is 14.4. The highest BCUT2D eigenvalue weighted by atomic mass is 35.5. The normalized spacial score (nSPS) is 11.9. The molecule has 104 valence electrons. The lowest BCUT2D eigenvalue weighted by Crippen LogP contribution is -2.19. The number of carboxylic acid groups (broad SMARTS) is 1. The second-order valence-corrected chi connectivity index (χ2v) is 4.74. The Morgan fingerprint density at radius 1 is 1.47 bits per heavy atom. The van der Waals surface area contributed by atoms with Gasteiger partial charge in [0, 0.05) is 25.2 Å². The van der Waals surface area contributed by atoms with Crippen LogP contribution < -0.4 is 5.32 Å². The zero-order valence-corrected chi connectivity index (χ0v) is 11.5. The fourth-order valence-electron chi connectivity index (χ4n) is 1.66. The third-order valence-electron chi connectivity index (χ3n) is 2.47. The molecule has 0 aliphatic heterocycles. The van der Waals surface area contributed by atoms with Gasteiger partial charge in [-0.1, -0.05) is 18.5 Å². The zero-order valence-electron chi connectivity index (χ0n) is 10.8. The lowest BCUT2D eigenvalue weighted by Gasteiger charge is -2.12. The van der Waals surface area contributed by atoms with E-state index in [4.69, 9.17) is 21.4 Å². The van der Waals surface area contributed by atoms with Crippen LogP contribution in [0.25, 0.3) is 0 Å². The number of nitrogens with one attached hydrogen (secondary N) is 1. The van der Waals surface area contributed by atoms with E-state index in [9.17, 15) is 9.59 Å². The number of ether oxygens (including phenoxy) is 1. The lowest BCUT2D eigenvalue weighted by molar-refractivity contribution is -0.117. The first-order valence-electron chi connectivity index (χ1n) is 5.75. The maximum Gasteiger partial charge on any atom is 0.337 e. The second kappa shape index (κ2) is 7.11. The Labute approximate surface area is 116 Å². The van der Waals surface area contributed by atoms with Crippen molar-refractivity contribution in [3.8, 4) is 0 Å². The SMILES string of the molecule is COCC(C)CC(=O)Nc1ccc(Cl)cc1C(=O)O. The molecule has 0 aliphatic carbocycles. The van der Waals surface area contributed by atoms with Gasteiger partial charge in [-0.3, -0.25) is 4.79 Å². The van der Waals surface area contributed by atoms with Crippen molar-refractivity contribution in [1.82, 2.24) is 0 Å². The molecule has 0 spiro atoms. The van der Waals surface area contributed by atoms with Crippen LogP contribution in [0.1, 0.15) is 23.7 Å². The van der Waals surface area contributed by atoms with Crippen molar-refractivity contribution in [2.75, 3.05) is 19.0 Å². The van der Waals surface area contributed by atoms with E-state index in [-0.39, 0.29) is 29.5 Å². The maximum absolute atomic E-state index is 11.8. The Hall–Kier alpha value is -1.59. The van der Waals surface area contributed by atoms with Crippen LogP contribution in [0.5, 0.6) is 0 Å². The Morgan fingerprint density at radius 3 is 2.74 bits per heavy atom. The van der Waals surface area contributed by atoms with Crippen LogP contribution in [-0.2, 0) is 9.53 Å². The van der Waals surface area contributed by atoms with Gasteiger partial charge in [0.25, 0.3) is 0 Å². The van der Waals surface area contributed by atoms with Crippen LogP contribution in [0.3, 0.4) is 0 Å². The minimum atomic E-state index is -1.14. The quantitative estimate of drug-likeness (QED) is 0.842. The Bertz CT molecular complexity index is 476. The van der Waals surface area contributed by atoms with E-state index in [1.807, 2.05) is 6.92 Å². The molecule has 1 amide bonds. The summed E-state index contributed by atoms with van der Waals surface area (Å²) in [6.07, 6.45) is 0.259. The van der Waals surface area contributed by atoms with Gasteiger partial charge < -0.3 is 15.2 Å². The number of anilines is 1. The molecule has 1 atom stereocenters. The van der Waals surface area contributed by atoms with Gasteiger partial charge in [-0.15, -0.1) is 0 Å². The average Bonchev–Trinajstić information content (AvgIpc) is 2.31. The summed E-state index contributed by atoms with van der Waals surface area (Å²) < 4.78 is 4.94. The van der Waals surface area contributed by atoms with E-state index in [1.54, 1.807) is 7.11 Å². The number of carbonyl (C=O) groups is 2. The van der Waals surface area contributed by atoms with Crippen molar-refractivity contribution in [3.05, 3.63) is 28.8 Å².